The molecule has 0 atom stereocenters. The molecule has 0 saturated carbocycles. The molecule has 1 heterocycles. The fraction of sp³-hybridized carbons (Fsp3) is 0.444. The van der Waals surface area contributed by atoms with Gasteiger partial charge < -0.3 is 14.5 Å². The zero-order valence-corrected chi connectivity index (χ0v) is 14.7. The van der Waals surface area contributed by atoms with E-state index in [0.717, 1.165) is 36.5 Å². The maximum atomic E-state index is 11.6. The predicted molar refractivity (Wildman–Crippen MR) is 96.4 cm³/mol. The first-order valence-electron chi connectivity index (χ1n) is 7.93. The average molecular weight is 348 g/mol. The summed E-state index contributed by atoms with van der Waals surface area (Å²) in [5.74, 6) is 0.0786. The number of benzene rings is 1. The summed E-state index contributed by atoms with van der Waals surface area (Å²) in [5, 5.41) is 8.86. The Morgan fingerprint density at radius 3 is 3.00 bits per heavy atom. The Morgan fingerprint density at radius 2 is 2.33 bits per heavy atom. The molecule has 1 aromatic rings. The lowest BCUT2D eigenvalue weighted by Crippen LogP contribution is -2.35. The van der Waals surface area contributed by atoms with Crippen LogP contribution in [0.1, 0.15) is 18.4 Å². The Balaban J connectivity index is 2.27. The first-order valence-corrected chi connectivity index (χ1v) is 8.47. The number of carbonyl (C=O) groups is 1. The number of hydrogen-bond acceptors (Lipinski definition) is 5. The minimum atomic E-state index is -0.238. The number of anilines is 2. The van der Waals surface area contributed by atoms with Crippen LogP contribution in [0.15, 0.2) is 30.5 Å². The highest BCUT2D eigenvalue weighted by Crippen LogP contribution is 2.32. The highest BCUT2D eigenvalue weighted by molar-refractivity contribution is 6.19. The molecule has 0 bridgehead atoms. The van der Waals surface area contributed by atoms with Gasteiger partial charge in [-0.1, -0.05) is 6.58 Å². The molecule has 0 N–H and O–H groups in total. The van der Waals surface area contributed by atoms with Crippen LogP contribution in [-0.2, 0) is 16.0 Å². The molecule has 0 amide bonds. The minimum absolute atomic E-state index is 0.238. The zero-order chi connectivity index (χ0) is 17.5. The Labute approximate surface area is 148 Å². The highest BCUT2D eigenvalue weighted by atomic mass is 35.5. The number of esters is 1. The van der Waals surface area contributed by atoms with Crippen LogP contribution in [0.4, 0.5) is 11.4 Å². The van der Waals surface area contributed by atoms with Crippen molar-refractivity contribution in [2.75, 3.05) is 42.4 Å². The lowest BCUT2D eigenvalue weighted by atomic mass is 10.0. The molecular formula is C18H22ClN3O2. The van der Waals surface area contributed by atoms with Crippen LogP contribution in [-0.4, -0.2) is 38.6 Å². The summed E-state index contributed by atoms with van der Waals surface area (Å²) >= 11 is 5.93. The summed E-state index contributed by atoms with van der Waals surface area (Å²) in [5.41, 5.74) is 4.00. The van der Waals surface area contributed by atoms with Crippen molar-refractivity contribution in [3.05, 3.63) is 36.0 Å². The van der Waals surface area contributed by atoms with Crippen LogP contribution in [0.2, 0.25) is 0 Å². The van der Waals surface area contributed by atoms with E-state index in [1.54, 1.807) is 0 Å². The van der Waals surface area contributed by atoms with Crippen molar-refractivity contribution in [3.63, 3.8) is 0 Å². The number of nitrogens with zero attached hydrogens (tertiary/aromatic N) is 3. The summed E-state index contributed by atoms with van der Waals surface area (Å²) in [6.45, 7) is 5.66. The van der Waals surface area contributed by atoms with Gasteiger partial charge >= 0.3 is 5.97 Å². The van der Waals surface area contributed by atoms with Crippen LogP contribution in [0.3, 0.4) is 0 Å². The lowest BCUT2D eigenvalue weighted by molar-refractivity contribution is -0.138. The standard InChI is InChI=1S/C18H22ClN3O2/c1-14(12-19)22(10-4-8-20)16-6-7-17-15(11-16)5-3-9-21(17)13-18(23)24-2/h6-7,11H,1,3-5,9-10,12-13H2,2H3. The molecule has 128 valence electrons. The lowest BCUT2D eigenvalue weighted by Gasteiger charge is -2.32. The monoisotopic (exact) mass is 347 g/mol. The fourth-order valence-corrected chi connectivity index (χ4v) is 3.06. The topological polar surface area (TPSA) is 56.6 Å². The molecule has 0 saturated heterocycles. The van der Waals surface area contributed by atoms with Crippen molar-refractivity contribution in [3.8, 4) is 6.07 Å². The van der Waals surface area contributed by atoms with E-state index in [4.69, 9.17) is 21.6 Å². The van der Waals surface area contributed by atoms with Crippen molar-refractivity contribution >= 4 is 28.9 Å². The number of methoxy groups -OCH3 is 1. The van der Waals surface area contributed by atoms with Gasteiger partial charge in [-0.25, -0.2) is 0 Å². The number of fused-ring (bicyclic) bond motifs is 1. The fourth-order valence-electron chi connectivity index (χ4n) is 2.92. The molecular weight excluding hydrogens is 326 g/mol. The largest absolute Gasteiger partial charge is 0.468 e. The number of hydrogen-bond donors (Lipinski definition) is 0. The SMILES string of the molecule is C=C(CCl)N(CCC#N)c1ccc2c(c1)CCCN2CC(=O)OC. The van der Waals surface area contributed by atoms with Gasteiger partial charge in [-0.2, -0.15) is 5.26 Å². The predicted octanol–water partition coefficient (Wildman–Crippen LogP) is 3.08. The second-order valence-electron chi connectivity index (χ2n) is 5.67. The molecule has 5 nitrogen and oxygen atoms in total. The number of halogens is 1. The Morgan fingerprint density at radius 1 is 1.54 bits per heavy atom. The third-order valence-corrected chi connectivity index (χ3v) is 4.43. The molecule has 0 unspecified atom stereocenters. The molecule has 0 fully saturated rings. The number of allylic oxidation sites excluding steroid dienone is 1. The quantitative estimate of drug-likeness (QED) is 0.560. The van der Waals surface area contributed by atoms with Gasteiger partial charge in [0.05, 0.1) is 25.5 Å². The van der Waals surface area contributed by atoms with E-state index in [1.165, 1.54) is 12.7 Å². The van der Waals surface area contributed by atoms with Crippen LogP contribution in [0.5, 0.6) is 0 Å². The maximum absolute atomic E-state index is 11.6. The van der Waals surface area contributed by atoms with E-state index in [2.05, 4.69) is 18.7 Å². The van der Waals surface area contributed by atoms with Gasteiger partial charge in [-0.05, 0) is 36.6 Å². The molecule has 2 rings (SSSR count). The summed E-state index contributed by atoms with van der Waals surface area (Å²) < 4.78 is 4.77. The Hall–Kier alpha value is -2.19. The van der Waals surface area contributed by atoms with Crippen LogP contribution >= 0.6 is 11.6 Å². The molecule has 1 aliphatic heterocycles. The van der Waals surface area contributed by atoms with Crippen molar-refractivity contribution in [2.45, 2.75) is 19.3 Å². The number of aryl methyl sites for hydroxylation is 1. The van der Waals surface area contributed by atoms with Gasteiger partial charge in [0.2, 0.25) is 0 Å². The van der Waals surface area contributed by atoms with Gasteiger partial charge in [0.25, 0.3) is 0 Å². The van der Waals surface area contributed by atoms with E-state index in [1.807, 2.05) is 21.9 Å². The van der Waals surface area contributed by atoms with Gasteiger partial charge in [0.1, 0.15) is 6.54 Å². The molecule has 0 aliphatic carbocycles. The molecule has 1 aromatic carbocycles. The van der Waals surface area contributed by atoms with Crippen LogP contribution in [0.25, 0.3) is 0 Å². The highest BCUT2D eigenvalue weighted by Gasteiger charge is 2.21. The van der Waals surface area contributed by atoms with Gasteiger partial charge in [-0.3, -0.25) is 4.79 Å². The third-order valence-electron chi connectivity index (χ3n) is 4.12. The summed E-state index contributed by atoms with van der Waals surface area (Å²) in [6.07, 6.45) is 2.35. The molecule has 0 radical (unpaired) electrons. The summed E-state index contributed by atoms with van der Waals surface area (Å²) in [7, 11) is 1.40. The zero-order valence-electron chi connectivity index (χ0n) is 13.9. The van der Waals surface area contributed by atoms with E-state index in [9.17, 15) is 4.79 Å². The molecule has 0 aromatic heterocycles. The second kappa shape index (κ2) is 8.60. The Kier molecular flexibility index (Phi) is 6.51. The molecule has 6 heteroatoms. The molecule has 0 spiro atoms. The van der Waals surface area contributed by atoms with E-state index in [-0.39, 0.29) is 12.5 Å². The van der Waals surface area contributed by atoms with Crippen molar-refractivity contribution in [1.82, 2.24) is 0 Å². The summed E-state index contributed by atoms with van der Waals surface area (Å²) in [4.78, 5) is 15.6. The van der Waals surface area contributed by atoms with Gasteiger partial charge in [0.15, 0.2) is 0 Å². The first kappa shape index (κ1) is 18.2. The minimum Gasteiger partial charge on any atom is -0.468 e. The number of nitriles is 1. The van der Waals surface area contributed by atoms with Crippen molar-refractivity contribution in [2.24, 2.45) is 0 Å². The number of carbonyl (C=O) groups excluding carboxylic acids is 1. The number of ether oxygens (including phenoxy) is 1. The normalized spacial score (nSPS) is 13.0. The summed E-state index contributed by atoms with van der Waals surface area (Å²) in [6, 6.07) is 8.27. The Bertz CT molecular complexity index is 654. The smallest absolute Gasteiger partial charge is 0.325 e. The first-order chi connectivity index (χ1) is 11.6. The van der Waals surface area contributed by atoms with Gasteiger partial charge in [-0.15, -0.1) is 11.6 Å². The average Bonchev–Trinajstić information content (AvgIpc) is 2.61. The van der Waals surface area contributed by atoms with E-state index >= 15 is 0 Å². The van der Waals surface area contributed by atoms with Crippen molar-refractivity contribution in [1.29, 1.82) is 5.26 Å². The van der Waals surface area contributed by atoms with Crippen molar-refractivity contribution < 1.29 is 9.53 Å². The molecule has 24 heavy (non-hydrogen) atoms. The number of alkyl halides is 1. The second-order valence-corrected chi connectivity index (χ2v) is 5.94. The van der Waals surface area contributed by atoms with Crippen LogP contribution in [0, 0.1) is 11.3 Å². The van der Waals surface area contributed by atoms with Crippen LogP contribution < -0.4 is 9.80 Å². The number of rotatable bonds is 7. The van der Waals surface area contributed by atoms with E-state index < -0.39 is 0 Å². The third kappa shape index (κ3) is 4.21. The van der Waals surface area contributed by atoms with Gasteiger partial charge in [0, 0.05) is 30.2 Å². The maximum Gasteiger partial charge on any atom is 0.325 e. The van der Waals surface area contributed by atoms with E-state index in [0.29, 0.717) is 18.8 Å². The molecule has 1 aliphatic rings.